The molecule has 150 valence electrons. The number of rotatable bonds is 8. The lowest BCUT2D eigenvalue weighted by atomic mass is 10.1. The van der Waals surface area contributed by atoms with Gasteiger partial charge in [0.25, 0.3) is 0 Å². The van der Waals surface area contributed by atoms with Gasteiger partial charge in [0.2, 0.25) is 11.8 Å². The van der Waals surface area contributed by atoms with Crippen molar-refractivity contribution in [3.05, 3.63) is 70.0 Å². The van der Waals surface area contributed by atoms with Gasteiger partial charge in [-0.25, -0.2) is 4.39 Å². The van der Waals surface area contributed by atoms with Crippen LogP contribution in [0.3, 0.4) is 0 Å². The topological polar surface area (TPSA) is 49.4 Å². The van der Waals surface area contributed by atoms with E-state index in [1.54, 1.807) is 13.0 Å². The average Bonchev–Trinajstić information content (AvgIpc) is 2.66. The second kappa shape index (κ2) is 10.2. The number of halogens is 2. The van der Waals surface area contributed by atoms with Crippen LogP contribution in [0.2, 0.25) is 5.02 Å². The summed E-state index contributed by atoms with van der Waals surface area (Å²) in [5.74, 6) is -1.12. The van der Waals surface area contributed by atoms with E-state index in [0.29, 0.717) is 6.54 Å². The minimum atomic E-state index is -0.690. The highest BCUT2D eigenvalue weighted by Gasteiger charge is 2.27. The third kappa shape index (κ3) is 5.80. The van der Waals surface area contributed by atoms with Crippen LogP contribution in [0.25, 0.3) is 0 Å². The first-order valence-electron chi connectivity index (χ1n) is 9.39. The van der Waals surface area contributed by atoms with Crippen LogP contribution in [0.15, 0.2) is 42.5 Å². The van der Waals surface area contributed by atoms with Crippen molar-refractivity contribution in [2.24, 2.45) is 0 Å². The maximum Gasteiger partial charge on any atom is 0.242 e. The number of hydrogen-bond donors (Lipinski definition) is 1. The van der Waals surface area contributed by atoms with Gasteiger partial charge in [-0.3, -0.25) is 9.59 Å². The molecule has 2 aromatic carbocycles. The molecule has 1 N–H and O–H groups in total. The third-order valence-corrected chi connectivity index (χ3v) is 4.90. The molecule has 0 aliphatic rings. The van der Waals surface area contributed by atoms with Gasteiger partial charge in [-0.2, -0.15) is 0 Å². The first-order chi connectivity index (χ1) is 13.3. The highest BCUT2D eigenvalue weighted by molar-refractivity contribution is 6.31. The molecule has 0 bridgehead atoms. The third-order valence-electron chi connectivity index (χ3n) is 4.54. The van der Waals surface area contributed by atoms with E-state index in [0.717, 1.165) is 17.5 Å². The zero-order valence-electron chi connectivity index (χ0n) is 16.5. The summed E-state index contributed by atoms with van der Waals surface area (Å²) in [7, 11) is 0. The lowest BCUT2D eigenvalue weighted by Gasteiger charge is -2.29. The Bertz CT molecular complexity index is 821. The summed E-state index contributed by atoms with van der Waals surface area (Å²) in [6, 6.07) is 11.4. The number of amides is 2. The Balaban J connectivity index is 2.28. The Kier molecular flexibility index (Phi) is 8.00. The standard InChI is InChI=1S/C22H26ClFN2O2/c1-4-11-25-22(28)16(3)26(14-17-8-5-7-15(2)12-17)21(27)13-18-19(23)9-6-10-20(18)24/h5-10,12,16H,4,11,13-14H2,1-3H3,(H,25,28)/t16-/m1/s1. The highest BCUT2D eigenvalue weighted by atomic mass is 35.5. The molecule has 2 rings (SSSR count). The van der Waals surface area contributed by atoms with Crippen molar-refractivity contribution >= 4 is 23.4 Å². The summed E-state index contributed by atoms with van der Waals surface area (Å²) in [6.07, 6.45) is 0.595. The van der Waals surface area contributed by atoms with Crippen molar-refractivity contribution in [3.8, 4) is 0 Å². The normalized spacial score (nSPS) is 11.8. The molecule has 0 radical (unpaired) electrons. The number of nitrogens with one attached hydrogen (secondary N) is 1. The van der Waals surface area contributed by atoms with E-state index in [-0.39, 0.29) is 35.4 Å². The van der Waals surface area contributed by atoms with Crippen LogP contribution in [0.5, 0.6) is 0 Å². The van der Waals surface area contributed by atoms with E-state index in [4.69, 9.17) is 11.6 Å². The molecule has 4 nitrogen and oxygen atoms in total. The number of carbonyl (C=O) groups is 2. The van der Waals surface area contributed by atoms with Crippen LogP contribution in [-0.4, -0.2) is 29.3 Å². The predicted octanol–water partition coefficient (Wildman–Crippen LogP) is 4.27. The summed E-state index contributed by atoms with van der Waals surface area (Å²) in [5.41, 5.74) is 2.11. The van der Waals surface area contributed by atoms with E-state index in [2.05, 4.69) is 5.32 Å². The first kappa shape index (κ1) is 21.9. The molecule has 0 heterocycles. The number of carbonyl (C=O) groups excluding carboxylic acids is 2. The fourth-order valence-electron chi connectivity index (χ4n) is 2.94. The second-order valence-corrected chi connectivity index (χ2v) is 7.26. The molecule has 0 aliphatic carbocycles. The SMILES string of the molecule is CCCNC(=O)[C@@H](C)N(Cc1cccc(C)c1)C(=O)Cc1c(F)cccc1Cl. The van der Waals surface area contributed by atoms with Crippen molar-refractivity contribution in [1.82, 2.24) is 10.2 Å². The molecule has 0 saturated heterocycles. The molecule has 0 aliphatic heterocycles. The maximum absolute atomic E-state index is 14.1. The first-order valence-corrected chi connectivity index (χ1v) is 9.76. The quantitative estimate of drug-likeness (QED) is 0.714. The number of aryl methyl sites for hydroxylation is 1. The van der Waals surface area contributed by atoms with E-state index in [1.165, 1.54) is 17.0 Å². The van der Waals surface area contributed by atoms with Gasteiger partial charge in [0.05, 0.1) is 6.42 Å². The molecule has 2 amide bonds. The lowest BCUT2D eigenvalue weighted by Crippen LogP contribution is -2.48. The molecule has 28 heavy (non-hydrogen) atoms. The van der Waals surface area contributed by atoms with Crippen LogP contribution >= 0.6 is 11.6 Å². The molecule has 0 spiro atoms. The summed E-state index contributed by atoms with van der Waals surface area (Å²) >= 11 is 6.08. The lowest BCUT2D eigenvalue weighted by molar-refractivity contribution is -0.140. The van der Waals surface area contributed by atoms with Crippen LogP contribution in [-0.2, 0) is 22.6 Å². The van der Waals surface area contributed by atoms with Crippen LogP contribution in [0, 0.1) is 12.7 Å². The Hall–Kier alpha value is -2.40. The van der Waals surface area contributed by atoms with Crippen molar-refractivity contribution < 1.29 is 14.0 Å². The fourth-order valence-corrected chi connectivity index (χ4v) is 3.17. The average molecular weight is 405 g/mol. The van der Waals surface area contributed by atoms with Crippen LogP contribution < -0.4 is 5.32 Å². The van der Waals surface area contributed by atoms with Gasteiger partial charge in [0.15, 0.2) is 0 Å². The Labute approximate surface area is 170 Å². The maximum atomic E-state index is 14.1. The molecular formula is C22H26ClFN2O2. The van der Waals surface area contributed by atoms with Gasteiger partial charge in [0, 0.05) is 23.7 Å². The Morgan fingerprint density at radius 3 is 2.57 bits per heavy atom. The van der Waals surface area contributed by atoms with Gasteiger partial charge in [-0.05, 0) is 38.0 Å². The minimum absolute atomic E-state index is 0.143. The Morgan fingerprint density at radius 1 is 1.21 bits per heavy atom. The molecule has 0 unspecified atom stereocenters. The van der Waals surface area contributed by atoms with Crippen molar-refractivity contribution in [3.63, 3.8) is 0 Å². The summed E-state index contributed by atoms with van der Waals surface area (Å²) in [4.78, 5) is 27.0. The number of hydrogen-bond acceptors (Lipinski definition) is 2. The highest BCUT2D eigenvalue weighted by Crippen LogP contribution is 2.21. The van der Waals surface area contributed by atoms with E-state index in [1.807, 2.05) is 38.1 Å². The molecule has 2 aromatic rings. The predicted molar refractivity (Wildman–Crippen MR) is 110 cm³/mol. The van der Waals surface area contributed by atoms with Gasteiger partial charge < -0.3 is 10.2 Å². The molecule has 1 atom stereocenters. The molecular weight excluding hydrogens is 379 g/mol. The summed E-state index contributed by atoms with van der Waals surface area (Å²) < 4.78 is 14.1. The van der Waals surface area contributed by atoms with Gasteiger partial charge in [-0.15, -0.1) is 0 Å². The van der Waals surface area contributed by atoms with Crippen LogP contribution in [0.1, 0.15) is 37.0 Å². The molecule has 0 aromatic heterocycles. The van der Waals surface area contributed by atoms with Gasteiger partial charge in [0.1, 0.15) is 11.9 Å². The van der Waals surface area contributed by atoms with E-state index < -0.39 is 11.9 Å². The summed E-state index contributed by atoms with van der Waals surface area (Å²) in [6.45, 7) is 6.40. The summed E-state index contributed by atoms with van der Waals surface area (Å²) in [5, 5.41) is 3.02. The van der Waals surface area contributed by atoms with Crippen molar-refractivity contribution in [2.45, 2.75) is 46.2 Å². The second-order valence-electron chi connectivity index (χ2n) is 6.85. The molecule has 0 saturated carbocycles. The number of benzene rings is 2. The minimum Gasteiger partial charge on any atom is -0.354 e. The number of nitrogens with zero attached hydrogens (tertiary/aromatic N) is 1. The van der Waals surface area contributed by atoms with Gasteiger partial charge in [-0.1, -0.05) is 54.4 Å². The van der Waals surface area contributed by atoms with Crippen molar-refractivity contribution in [2.75, 3.05) is 6.54 Å². The smallest absolute Gasteiger partial charge is 0.242 e. The zero-order chi connectivity index (χ0) is 20.7. The molecule has 0 fully saturated rings. The van der Waals surface area contributed by atoms with Crippen molar-refractivity contribution in [1.29, 1.82) is 0 Å². The molecule has 6 heteroatoms. The fraction of sp³-hybridized carbons (Fsp3) is 0.364. The zero-order valence-corrected chi connectivity index (χ0v) is 17.2. The monoisotopic (exact) mass is 404 g/mol. The van der Waals surface area contributed by atoms with E-state index >= 15 is 0 Å². The van der Waals surface area contributed by atoms with Gasteiger partial charge >= 0.3 is 0 Å². The van der Waals surface area contributed by atoms with E-state index in [9.17, 15) is 14.0 Å². The largest absolute Gasteiger partial charge is 0.354 e. The van der Waals surface area contributed by atoms with Crippen LogP contribution in [0.4, 0.5) is 4.39 Å². The Morgan fingerprint density at radius 2 is 1.93 bits per heavy atom.